The number of rotatable bonds is 2. The summed E-state index contributed by atoms with van der Waals surface area (Å²) in [6.07, 6.45) is 1.74. The number of aromatic nitrogens is 5. The van der Waals surface area contributed by atoms with Crippen molar-refractivity contribution in [2.75, 3.05) is 6.26 Å². The van der Waals surface area contributed by atoms with Crippen LogP contribution in [0, 0.1) is 10.1 Å². The van der Waals surface area contributed by atoms with E-state index in [9.17, 15) is 14.9 Å². The molecule has 0 aromatic carbocycles. The van der Waals surface area contributed by atoms with Crippen LogP contribution in [-0.2, 0) is 0 Å². The van der Waals surface area contributed by atoms with E-state index in [0.717, 1.165) is 4.52 Å². The summed E-state index contributed by atoms with van der Waals surface area (Å²) < 4.78 is 0.886. The van der Waals surface area contributed by atoms with Crippen molar-refractivity contribution >= 4 is 23.4 Å². The van der Waals surface area contributed by atoms with E-state index in [4.69, 9.17) is 0 Å². The van der Waals surface area contributed by atoms with Crippen molar-refractivity contribution in [2.45, 2.75) is 5.16 Å². The van der Waals surface area contributed by atoms with E-state index in [1.807, 2.05) is 0 Å². The molecule has 0 amide bonds. The van der Waals surface area contributed by atoms with Gasteiger partial charge in [0.1, 0.15) is 0 Å². The summed E-state index contributed by atoms with van der Waals surface area (Å²) in [6.45, 7) is 0. The Morgan fingerprint density at radius 2 is 2.00 bits per heavy atom. The van der Waals surface area contributed by atoms with Gasteiger partial charge in [-0.25, -0.2) is 0 Å². The second-order valence-electron chi connectivity index (χ2n) is 2.45. The SMILES string of the molecule is CSc1nc2nnc([N+](=O)[O-])c(=O)n2[nH]1.O.O.[Na+]. The fraction of sp³-hybridized carbons (Fsp3) is 0.200. The summed E-state index contributed by atoms with van der Waals surface area (Å²) in [5.41, 5.74) is -0.877. The molecule has 0 aliphatic carbocycles. The van der Waals surface area contributed by atoms with E-state index in [-0.39, 0.29) is 46.3 Å². The van der Waals surface area contributed by atoms with Gasteiger partial charge in [0, 0.05) is 5.10 Å². The van der Waals surface area contributed by atoms with Crippen LogP contribution in [0.15, 0.2) is 9.95 Å². The molecule has 0 spiro atoms. The quantitative estimate of drug-likeness (QED) is 0.247. The van der Waals surface area contributed by atoms with Crippen molar-refractivity contribution in [1.29, 1.82) is 0 Å². The minimum absolute atomic E-state index is 0. The maximum absolute atomic E-state index is 11.4. The number of thioether (sulfide) groups is 1. The number of fused-ring (bicyclic) bond motifs is 1. The molecule has 0 saturated heterocycles. The third-order valence-electron chi connectivity index (χ3n) is 1.60. The fourth-order valence-electron chi connectivity index (χ4n) is 0.961. The number of nitro groups is 1. The monoisotopic (exact) mass is 287 g/mol. The van der Waals surface area contributed by atoms with Gasteiger partial charge < -0.3 is 21.1 Å². The van der Waals surface area contributed by atoms with Gasteiger partial charge in [-0.3, -0.25) is 9.89 Å². The molecule has 0 radical (unpaired) electrons. The Balaban J connectivity index is 0. The molecule has 0 atom stereocenters. The van der Waals surface area contributed by atoms with Gasteiger partial charge in [-0.1, -0.05) is 11.8 Å². The Morgan fingerprint density at radius 3 is 2.50 bits per heavy atom. The Morgan fingerprint density at radius 1 is 1.39 bits per heavy atom. The summed E-state index contributed by atoms with van der Waals surface area (Å²) in [5.74, 6) is -0.821. The summed E-state index contributed by atoms with van der Waals surface area (Å²) in [4.78, 5) is 24.8. The Kier molecular flexibility index (Phi) is 7.93. The van der Waals surface area contributed by atoms with E-state index in [1.165, 1.54) is 11.8 Å². The molecule has 0 fully saturated rings. The zero-order valence-electron chi connectivity index (χ0n) is 9.37. The predicted molar refractivity (Wildman–Crippen MR) is 57.1 cm³/mol. The standard InChI is InChI=1S/C5H4N6O3S.Na.2H2O/c1-15-5-6-4-8-7-2(11(13)14)3(12)10(4)9-5;;;/h1H3,(H,6,8,9);;2*1H2/q;+1;;. The van der Waals surface area contributed by atoms with Crippen molar-refractivity contribution in [1.82, 2.24) is 24.8 Å². The predicted octanol–water partition coefficient (Wildman–Crippen LogP) is -5.20. The number of H-pyrrole nitrogens is 1. The van der Waals surface area contributed by atoms with Crippen LogP contribution in [0.25, 0.3) is 5.78 Å². The van der Waals surface area contributed by atoms with Gasteiger partial charge in [0.25, 0.3) is 5.78 Å². The number of nitrogens with one attached hydrogen (secondary N) is 1. The smallest absolute Gasteiger partial charge is 0.412 e. The fourth-order valence-corrected chi connectivity index (χ4v) is 1.32. The van der Waals surface area contributed by atoms with Crippen molar-refractivity contribution in [3.05, 3.63) is 20.5 Å². The zero-order chi connectivity index (χ0) is 11.0. The van der Waals surface area contributed by atoms with Crippen LogP contribution >= 0.6 is 11.8 Å². The van der Waals surface area contributed by atoms with Crippen LogP contribution in [-0.4, -0.2) is 46.9 Å². The Hall–Kier alpha value is -1.05. The first-order valence-corrected chi connectivity index (χ1v) is 4.90. The third-order valence-corrected chi connectivity index (χ3v) is 2.17. The average molecular weight is 287 g/mol. The molecule has 11 nitrogen and oxygen atoms in total. The molecular weight excluding hydrogens is 279 g/mol. The number of nitrogens with zero attached hydrogens (tertiary/aromatic N) is 5. The van der Waals surface area contributed by atoms with Crippen LogP contribution in [0.2, 0.25) is 0 Å². The molecule has 2 aromatic rings. The largest absolute Gasteiger partial charge is 1.00 e. The first kappa shape index (κ1) is 19.3. The first-order chi connectivity index (χ1) is 7.13. The molecule has 0 saturated carbocycles. The molecule has 13 heteroatoms. The van der Waals surface area contributed by atoms with Crippen LogP contribution in [0.5, 0.6) is 0 Å². The summed E-state index contributed by atoms with van der Waals surface area (Å²) in [6, 6.07) is 0. The Labute approximate surface area is 125 Å². The normalized spacial score (nSPS) is 8.94. The summed E-state index contributed by atoms with van der Waals surface area (Å²) >= 11 is 1.25. The van der Waals surface area contributed by atoms with Gasteiger partial charge in [-0.05, 0) is 11.2 Å². The second-order valence-corrected chi connectivity index (χ2v) is 3.25. The van der Waals surface area contributed by atoms with Gasteiger partial charge >= 0.3 is 40.9 Å². The molecule has 0 unspecified atom stereocenters. The van der Waals surface area contributed by atoms with E-state index < -0.39 is 16.3 Å². The van der Waals surface area contributed by atoms with Crippen molar-refractivity contribution in [3.8, 4) is 0 Å². The minimum atomic E-state index is -0.888. The molecular formula is C5H8N6NaO5S+. The van der Waals surface area contributed by atoms with Gasteiger partial charge in [0.05, 0.1) is 5.10 Å². The van der Waals surface area contributed by atoms with Gasteiger partial charge in [-0.2, -0.15) is 9.50 Å². The first-order valence-electron chi connectivity index (χ1n) is 3.67. The van der Waals surface area contributed by atoms with Gasteiger partial charge in [0.2, 0.25) is 0 Å². The van der Waals surface area contributed by atoms with Crippen molar-refractivity contribution in [2.24, 2.45) is 0 Å². The van der Waals surface area contributed by atoms with E-state index >= 15 is 0 Å². The second kappa shape index (κ2) is 7.40. The number of aromatic amines is 1. The minimum Gasteiger partial charge on any atom is -0.412 e. The molecule has 2 rings (SSSR count). The molecule has 2 heterocycles. The van der Waals surface area contributed by atoms with Crippen LogP contribution in [0.1, 0.15) is 0 Å². The molecule has 0 bridgehead atoms. The molecule has 94 valence electrons. The molecule has 0 aliphatic rings. The van der Waals surface area contributed by atoms with Crippen molar-refractivity contribution < 1.29 is 45.4 Å². The van der Waals surface area contributed by atoms with Crippen molar-refractivity contribution in [3.63, 3.8) is 0 Å². The number of hydrogen-bond acceptors (Lipinski definition) is 7. The summed E-state index contributed by atoms with van der Waals surface area (Å²) in [7, 11) is 0. The molecule has 2 aromatic heterocycles. The topological polar surface area (TPSA) is 182 Å². The maximum Gasteiger partial charge on any atom is 1.00 e. The number of hydrogen-bond donors (Lipinski definition) is 1. The van der Waals surface area contributed by atoms with E-state index in [0.29, 0.717) is 5.16 Å². The van der Waals surface area contributed by atoms with Crippen LogP contribution < -0.4 is 35.1 Å². The summed E-state index contributed by atoms with van der Waals surface area (Å²) in [5, 5.41) is 20.0. The Bertz CT molecular complexity index is 598. The van der Waals surface area contributed by atoms with Gasteiger partial charge in [-0.15, -0.1) is 0 Å². The van der Waals surface area contributed by atoms with E-state index in [2.05, 4.69) is 20.3 Å². The third kappa shape index (κ3) is 3.24. The zero-order valence-corrected chi connectivity index (χ0v) is 12.2. The maximum atomic E-state index is 11.4. The van der Waals surface area contributed by atoms with E-state index in [1.54, 1.807) is 6.26 Å². The van der Waals surface area contributed by atoms with Gasteiger partial charge in [0.15, 0.2) is 5.16 Å². The van der Waals surface area contributed by atoms with Crippen LogP contribution in [0.4, 0.5) is 5.82 Å². The molecule has 18 heavy (non-hydrogen) atoms. The molecule has 5 N–H and O–H groups in total. The molecule has 0 aliphatic heterocycles. The van der Waals surface area contributed by atoms with Crippen LogP contribution in [0.3, 0.4) is 0 Å². The average Bonchev–Trinajstić information content (AvgIpc) is 2.61.